The molecule has 1 saturated heterocycles. The molecule has 1 atom stereocenters. The SMILES string of the molecule is COc1cccc(C(=O)N2CCCC(COc3ccccc3C)C2)c1. The zero-order chi connectivity index (χ0) is 17.6. The highest BCUT2D eigenvalue weighted by Crippen LogP contribution is 2.23. The van der Waals surface area contributed by atoms with Gasteiger partial charge in [0.15, 0.2) is 0 Å². The molecule has 1 amide bonds. The highest BCUT2D eigenvalue weighted by Gasteiger charge is 2.25. The van der Waals surface area contributed by atoms with E-state index in [9.17, 15) is 4.79 Å². The van der Waals surface area contributed by atoms with Crippen molar-refractivity contribution in [1.29, 1.82) is 0 Å². The molecule has 0 radical (unpaired) electrons. The normalized spacial score (nSPS) is 17.2. The first-order valence-corrected chi connectivity index (χ1v) is 8.79. The Balaban J connectivity index is 1.60. The fourth-order valence-corrected chi connectivity index (χ4v) is 3.25. The lowest BCUT2D eigenvalue weighted by atomic mass is 9.98. The molecule has 4 heteroatoms. The number of carbonyl (C=O) groups is 1. The van der Waals surface area contributed by atoms with Crippen molar-refractivity contribution >= 4 is 5.91 Å². The largest absolute Gasteiger partial charge is 0.497 e. The molecule has 0 aromatic heterocycles. The number of hydrogen-bond acceptors (Lipinski definition) is 3. The van der Waals surface area contributed by atoms with E-state index in [-0.39, 0.29) is 5.91 Å². The van der Waals surface area contributed by atoms with E-state index < -0.39 is 0 Å². The van der Waals surface area contributed by atoms with Gasteiger partial charge in [-0.05, 0) is 49.6 Å². The predicted molar refractivity (Wildman–Crippen MR) is 98.3 cm³/mol. The van der Waals surface area contributed by atoms with Gasteiger partial charge in [0.05, 0.1) is 13.7 Å². The van der Waals surface area contributed by atoms with Gasteiger partial charge in [0, 0.05) is 24.6 Å². The Kier molecular flexibility index (Phi) is 5.59. The van der Waals surface area contributed by atoms with Crippen molar-refractivity contribution in [2.75, 3.05) is 26.8 Å². The molecule has 3 rings (SSSR count). The van der Waals surface area contributed by atoms with Crippen molar-refractivity contribution in [3.63, 3.8) is 0 Å². The number of piperidine rings is 1. The first-order valence-electron chi connectivity index (χ1n) is 8.79. The first-order chi connectivity index (χ1) is 12.2. The summed E-state index contributed by atoms with van der Waals surface area (Å²) in [6.45, 7) is 4.24. The molecule has 1 aliphatic rings. The summed E-state index contributed by atoms with van der Waals surface area (Å²) in [6.07, 6.45) is 2.10. The molecule has 0 spiro atoms. The van der Waals surface area contributed by atoms with E-state index in [2.05, 4.69) is 13.0 Å². The van der Waals surface area contributed by atoms with Gasteiger partial charge in [-0.25, -0.2) is 0 Å². The zero-order valence-corrected chi connectivity index (χ0v) is 14.9. The third kappa shape index (κ3) is 4.32. The van der Waals surface area contributed by atoms with Gasteiger partial charge in [0.25, 0.3) is 5.91 Å². The van der Waals surface area contributed by atoms with Crippen LogP contribution in [-0.2, 0) is 0 Å². The standard InChI is InChI=1S/C21H25NO3/c1-16-7-3-4-11-20(16)25-15-17-8-6-12-22(14-17)21(23)18-9-5-10-19(13-18)24-2/h3-5,7,9-11,13,17H,6,8,12,14-15H2,1-2H3. The number of amides is 1. The van der Waals surface area contributed by atoms with Crippen LogP contribution in [0.3, 0.4) is 0 Å². The number of ether oxygens (including phenoxy) is 2. The van der Waals surface area contributed by atoms with Crippen LogP contribution in [0, 0.1) is 12.8 Å². The average Bonchev–Trinajstić information content (AvgIpc) is 2.67. The third-order valence-corrected chi connectivity index (χ3v) is 4.69. The third-order valence-electron chi connectivity index (χ3n) is 4.69. The maximum absolute atomic E-state index is 12.8. The minimum atomic E-state index is 0.0690. The van der Waals surface area contributed by atoms with Crippen LogP contribution in [0.5, 0.6) is 11.5 Å². The van der Waals surface area contributed by atoms with Crippen LogP contribution in [0.1, 0.15) is 28.8 Å². The molecule has 25 heavy (non-hydrogen) atoms. The summed E-state index contributed by atoms with van der Waals surface area (Å²) in [6, 6.07) is 15.4. The van der Waals surface area contributed by atoms with Crippen molar-refractivity contribution in [2.45, 2.75) is 19.8 Å². The molecule has 1 unspecified atom stereocenters. The summed E-state index contributed by atoms with van der Waals surface area (Å²) in [4.78, 5) is 14.7. The van der Waals surface area contributed by atoms with E-state index >= 15 is 0 Å². The van der Waals surface area contributed by atoms with Crippen LogP contribution in [0.15, 0.2) is 48.5 Å². The summed E-state index contributed by atoms with van der Waals surface area (Å²) >= 11 is 0. The fraction of sp³-hybridized carbons (Fsp3) is 0.381. The van der Waals surface area contributed by atoms with Crippen LogP contribution in [0.25, 0.3) is 0 Å². The number of methoxy groups -OCH3 is 1. The second kappa shape index (κ2) is 8.06. The monoisotopic (exact) mass is 339 g/mol. The highest BCUT2D eigenvalue weighted by molar-refractivity contribution is 5.94. The van der Waals surface area contributed by atoms with Gasteiger partial charge < -0.3 is 14.4 Å². The highest BCUT2D eigenvalue weighted by atomic mass is 16.5. The van der Waals surface area contributed by atoms with E-state index in [1.54, 1.807) is 13.2 Å². The second-order valence-corrected chi connectivity index (χ2v) is 6.57. The maximum atomic E-state index is 12.8. The topological polar surface area (TPSA) is 38.8 Å². The number of likely N-dealkylation sites (tertiary alicyclic amines) is 1. The number of carbonyl (C=O) groups excluding carboxylic acids is 1. The number of hydrogen-bond donors (Lipinski definition) is 0. The molecular formula is C21H25NO3. The number of para-hydroxylation sites is 1. The van der Waals surface area contributed by atoms with Crippen molar-refractivity contribution in [2.24, 2.45) is 5.92 Å². The van der Waals surface area contributed by atoms with E-state index in [4.69, 9.17) is 9.47 Å². The average molecular weight is 339 g/mol. The molecule has 1 heterocycles. The summed E-state index contributed by atoms with van der Waals surface area (Å²) < 4.78 is 11.2. The Labute approximate surface area is 149 Å². The maximum Gasteiger partial charge on any atom is 0.253 e. The Bertz CT molecular complexity index is 729. The predicted octanol–water partition coefficient (Wildman–Crippen LogP) is 3.93. The van der Waals surface area contributed by atoms with Crippen molar-refractivity contribution in [1.82, 2.24) is 4.90 Å². The molecule has 1 fully saturated rings. The van der Waals surface area contributed by atoms with Gasteiger partial charge in [-0.15, -0.1) is 0 Å². The molecule has 2 aromatic carbocycles. The molecule has 0 aliphatic carbocycles. The molecule has 0 N–H and O–H groups in total. The van der Waals surface area contributed by atoms with Gasteiger partial charge in [-0.3, -0.25) is 4.79 Å². The van der Waals surface area contributed by atoms with Gasteiger partial charge in [0.1, 0.15) is 11.5 Å². The minimum Gasteiger partial charge on any atom is -0.497 e. The second-order valence-electron chi connectivity index (χ2n) is 6.57. The van der Waals surface area contributed by atoms with E-state index in [0.29, 0.717) is 23.8 Å². The quantitative estimate of drug-likeness (QED) is 0.828. The van der Waals surface area contributed by atoms with Gasteiger partial charge in [-0.2, -0.15) is 0 Å². The van der Waals surface area contributed by atoms with E-state index in [1.807, 2.05) is 41.3 Å². The number of aryl methyl sites for hydroxylation is 1. The summed E-state index contributed by atoms with van der Waals surface area (Å²) in [5.74, 6) is 2.07. The van der Waals surface area contributed by atoms with Crippen LogP contribution in [0.4, 0.5) is 0 Å². The zero-order valence-electron chi connectivity index (χ0n) is 14.9. The smallest absolute Gasteiger partial charge is 0.253 e. The van der Waals surface area contributed by atoms with Crippen molar-refractivity contribution in [3.8, 4) is 11.5 Å². The molecule has 2 aromatic rings. The van der Waals surface area contributed by atoms with E-state index in [0.717, 1.165) is 37.2 Å². The summed E-state index contributed by atoms with van der Waals surface area (Å²) in [5, 5.41) is 0. The number of nitrogens with zero attached hydrogens (tertiary/aromatic N) is 1. The van der Waals surface area contributed by atoms with Gasteiger partial charge in [0.2, 0.25) is 0 Å². The Morgan fingerprint density at radius 3 is 2.84 bits per heavy atom. The van der Waals surface area contributed by atoms with Gasteiger partial charge in [-0.1, -0.05) is 24.3 Å². The number of benzene rings is 2. The van der Waals surface area contributed by atoms with Crippen LogP contribution >= 0.6 is 0 Å². The molecular weight excluding hydrogens is 314 g/mol. The lowest BCUT2D eigenvalue weighted by Gasteiger charge is -2.33. The molecule has 0 saturated carbocycles. The molecule has 132 valence electrons. The van der Waals surface area contributed by atoms with Crippen LogP contribution < -0.4 is 9.47 Å². The Morgan fingerprint density at radius 1 is 1.20 bits per heavy atom. The number of rotatable bonds is 5. The van der Waals surface area contributed by atoms with Crippen LogP contribution in [0.2, 0.25) is 0 Å². The minimum absolute atomic E-state index is 0.0690. The van der Waals surface area contributed by atoms with Crippen molar-refractivity contribution < 1.29 is 14.3 Å². The van der Waals surface area contributed by atoms with Crippen LogP contribution in [-0.4, -0.2) is 37.6 Å². The van der Waals surface area contributed by atoms with E-state index in [1.165, 1.54) is 0 Å². The Morgan fingerprint density at radius 2 is 2.04 bits per heavy atom. The summed E-state index contributed by atoms with van der Waals surface area (Å²) in [7, 11) is 1.61. The molecule has 0 bridgehead atoms. The summed E-state index contributed by atoms with van der Waals surface area (Å²) in [5.41, 5.74) is 1.82. The lowest BCUT2D eigenvalue weighted by Crippen LogP contribution is -2.41. The van der Waals surface area contributed by atoms with Gasteiger partial charge >= 0.3 is 0 Å². The lowest BCUT2D eigenvalue weighted by molar-refractivity contribution is 0.0632. The van der Waals surface area contributed by atoms with Crippen molar-refractivity contribution in [3.05, 3.63) is 59.7 Å². The first kappa shape index (κ1) is 17.3. The Hall–Kier alpha value is -2.49. The molecule has 4 nitrogen and oxygen atoms in total. The molecule has 1 aliphatic heterocycles. The fourth-order valence-electron chi connectivity index (χ4n) is 3.25.